The van der Waals surface area contributed by atoms with E-state index in [2.05, 4.69) is 9.71 Å². The molecule has 1 aromatic heterocycles. The van der Waals surface area contributed by atoms with Crippen LogP contribution in [0.4, 0.5) is 5.82 Å². The molecule has 0 aliphatic carbocycles. The van der Waals surface area contributed by atoms with Gasteiger partial charge in [0.05, 0.1) is 4.90 Å². The van der Waals surface area contributed by atoms with Crippen molar-refractivity contribution >= 4 is 15.8 Å². The van der Waals surface area contributed by atoms with E-state index >= 15 is 0 Å². The summed E-state index contributed by atoms with van der Waals surface area (Å²) >= 11 is 0. The van der Waals surface area contributed by atoms with Crippen molar-refractivity contribution in [1.82, 2.24) is 9.71 Å². The third-order valence-electron chi connectivity index (χ3n) is 2.58. The van der Waals surface area contributed by atoms with Crippen LogP contribution in [0.1, 0.15) is 0 Å². The number of nitrogens with one attached hydrogen (secondary N) is 1. The Bertz CT molecular complexity index is 651. The lowest BCUT2D eigenvalue weighted by atomic mass is 10.1. The molecule has 0 saturated carbocycles. The van der Waals surface area contributed by atoms with Crippen LogP contribution in [0.5, 0.6) is 0 Å². The van der Waals surface area contributed by atoms with Gasteiger partial charge in [-0.2, -0.15) is 0 Å². The van der Waals surface area contributed by atoms with Crippen molar-refractivity contribution in [2.75, 3.05) is 12.8 Å². The molecule has 0 fully saturated rings. The van der Waals surface area contributed by atoms with Crippen LogP contribution < -0.4 is 10.5 Å². The molecule has 0 atom stereocenters. The molecule has 0 saturated heterocycles. The lowest BCUT2D eigenvalue weighted by Crippen LogP contribution is -2.18. The second-order valence-electron chi connectivity index (χ2n) is 3.67. The fourth-order valence-electron chi connectivity index (χ4n) is 1.59. The van der Waals surface area contributed by atoms with Gasteiger partial charge in [-0.05, 0) is 36.9 Å². The molecule has 1 aromatic carbocycles. The molecule has 6 heteroatoms. The molecule has 2 rings (SSSR count). The van der Waals surface area contributed by atoms with Gasteiger partial charge in [-0.15, -0.1) is 0 Å². The van der Waals surface area contributed by atoms with Gasteiger partial charge in [0.1, 0.15) is 5.82 Å². The number of nitrogens with two attached hydrogens (primary N) is 1. The normalized spacial score (nSPS) is 11.4. The number of pyridine rings is 1. The number of aromatic nitrogens is 1. The summed E-state index contributed by atoms with van der Waals surface area (Å²) in [7, 11) is -2.03. The van der Waals surface area contributed by atoms with Crippen molar-refractivity contribution in [2.24, 2.45) is 0 Å². The summed E-state index contributed by atoms with van der Waals surface area (Å²) in [4.78, 5) is 4.21. The van der Waals surface area contributed by atoms with E-state index in [1.54, 1.807) is 24.4 Å². The Kier molecular flexibility index (Phi) is 3.31. The first-order valence-corrected chi connectivity index (χ1v) is 6.77. The van der Waals surface area contributed by atoms with Crippen LogP contribution in [0, 0.1) is 0 Å². The smallest absolute Gasteiger partial charge is 0.240 e. The van der Waals surface area contributed by atoms with Crippen LogP contribution in [0.2, 0.25) is 0 Å². The molecule has 0 spiro atoms. The third-order valence-corrected chi connectivity index (χ3v) is 4.01. The predicted molar refractivity (Wildman–Crippen MR) is 70.3 cm³/mol. The Labute approximate surface area is 106 Å². The number of rotatable bonds is 3. The van der Waals surface area contributed by atoms with Crippen LogP contribution in [0.15, 0.2) is 47.5 Å². The fraction of sp³-hybridized carbons (Fsp3) is 0.0833. The first-order chi connectivity index (χ1) is 8.54. The van der Waals surface area contributed by atoms with Gasteiger partial charge >= 0.3 is 0 Å². The van der Waals surface area contributed by atoms with E-state index in [1.165, 1.54) is 19.2 Å². The minimum absolute atomic E-state index is 0.219. The SMILES string of the molecule is CNS(=O)(=O)c1ccc(-c2cccnc2N)cc1. The van der Waals surface area contributed by atoms with E-state index in [4.69, 9.17) is 5.73 Å². The average molecular weight is 263 g/mol. The molecular formula is C12H13N3O2S. The molecule has 0 unspecified atom stereocenters. The maximum absolute atomic E-state index is 11.6. The quantitative estimate of drug-likeness (QED) is 0.872. The van der Waals surface area contributed by atoms with Crippen LogP contribution in [0.3, 0.4) is 0 Å². The minimum atomic E-state index is -3.40. The molecule has 0 aliphatic rings. The average Bonchev–Trinajstić information content (AvgIpc) is 2.39. The van der Waals surface area contributed by atoms with Crippen molar-refractivity contribution in [3.8, 4) is 11.1 Å². The molecule has 0 aliphatic heterocycles. The minimum Gasteiger partial charge on any atom is -0.383 e. The summed E-state index contributed by atoms with van der Waals surface area (Å²) < 4.78 is 25.4. The van der Waals surface area contributed by atoms with Crippen molar-refractivity contribution in [3.63, 3.8) is 0 Å². The monoisotopic (exact) mass is 263 g/mol. The van der Waals surface area contributed by atoms with Gasteiger partial charge in [0.25, 0.3) is 0 Å². The van der Waals surface area contributed by atoms with Gasteiger partial charge < -0.3 is 5.73 Å². The van der Waals surface area contributed by atoms with Gasteiger partial charge in [-0.1, -0.05) is 12.1 Å². The molecule has 0 bridgehead atoms. The summed E-state index contributed by atoms with van der Waals surface area (Å²) in [5.74, 6) is 0.418. The molecule has 3 N–H and O–H groups in total. The lowest BCUT2D eigenvalue weighted by Gasteiger charge is -2.06. The summed E-state index contributed by atoms with van der Waals surface area (Å²) in [5.41, 5.74) is 7.37. The van der Waals surface area contributed by atoms with E-state index in [9.17, 15) is 8.42 Å². The molecule has 5 nitrogen and oxygen atoms in total. The van der Waals surface area contributed by atoms with Gasteiger partial charge in [0.15, 0.2) is 0 Å². The summed E-state index contributed by atoms with van der Waals surface area (Å²) in [6, 6.07) is 10.1. The fourth-order valence-corrected chi connectivity index (χ4v) is 2.32. The van der Waals surface area contributed by atoms with Gasteiger partial charge in [0.2, 0.25) is 10.0 Å². The number of hydrogen-bond donors (Lipinski definition) is 2. The van der Waals surface area contributed by atoms with E-state index in [0.29, 0.717) is 5.82 Å². The van der Waals surface area contributed by atoms with Crippen molar-refractivity contribution < 1.29 is 8.42 Å². The third kappa shape index (κ3) is 2.34. The zero-order valence-corrected chi connectivity index (χ0v) is 10.6. The predicted octanol–water partition coefficient (Wildman–Crippen LogP) is 1.24. The second-order valence-corrected chi connectivity index (χ2v) is 5.55. The number of nitrogen functional groups attached to an aromatic ring is 1. The maximum Gasteiger partial charge on any atom is 0.240 e. The van der Waals surface area contributed by atoms with Crippen LogP contribution in [0.25, 0.3) is 11.1 Å². The molecule has 94 valence electrons. The highest BCUT2D eigenvalue weighted by Gasteiger charge is 2.11. The number of hydrogen-bond acceptors (Lipinski definition) is 4. The van der Waals surface area contributed by atoms with Crippen LogP contribution in [-0.4, -0.2) is 20.4 Å². The van der Waals surface area contributed by atoms with Crippen molar-refractivity contribution in [1.29, 1.82) is 0 Å². The zero-order valence-electron chi connectivity index (χ0n) is 9.79. The Morgan fingerprint density at radius 1 is 1.17 bits per heavy atom. The maximum atomic E-state index is 11.6. The zero-order chi connectivity index (χ0) is 13.2. The molecule has 1 heterocycles. The van der Waals surface area contributed by atoms with E-state index in [0.717, 1.165) is 11.1 Å². The summed E-state index contributed by atoms with van der Waals surface area (Å²) in [6.45, 7) is 0. The van der Waals surface area contributed by atoms with Gasteiger partial charge in [0, 0.05) is 11.8 Å². The van der Waals surface area contributed by atoms with Gasteiger partial charge in [-0.3, -0.25) is 0 Å². The second kappa shape index (κ2) is 4.75. The van der Waals surface area contributed by atoms with Crippen molar-refractivity contribution in [2.45, 2.75) is 4.90 Å². The Morgan fingerprint density at radius 2 is 1.83 bits per heavy atom. The largest absolute Gasteiger partial charge is 0.383 e. The standard InChI is InChI=1S/C12H13N3O2S/c1-14-18(16,17)10-6-4-9(5-7-10)11-3-2-8-15-12(11)13/h2-8,14H,1H3,(H2,13,15). The Balaban J connectivity index is 2.43. The van der Waals surface area contributed by atoms with Crippen molar-refractivity contribution in [3.05, 3.63) is 42.6 Å². The number of sulfonamides is 1. The lowest BCUT2D eigenvalue weighted by molar-refractivity contribution is 0.588. The summed E-state index contributed by atoms with van der Waals surface area (Å²) in [6.07, 6.45) is 1.61. The van der Waals surface area contributed by atoms with Crippen LogP contribution in [-0.2, 0) is 10.0 Å². The van der Waals surface area contributed by atoms with E-state index in [-0.39, 0.29) is 4.90 Å². The van der Waals surface area contributed by atoms with E-state index < -0.39 is 10.0 Å². The Hall–Kier alpha value is -1.92. The molecule has 0 radical (unpaired) electrons. The summed E-state index contributed by atoms with van der Waals surface area (Å²) in [5, 5.41) is 0. The highest BCUT2D eigenvalue weighted by atomic mass is 32.2. The highest BCUT2D eigenvalue weighted by molar-refractivity contribution is 7.89. The number of benzene rings is 1. The molecule has 0 amide bonds. The first-order valence-electron chi connectivity index (χ1n) is 5.29. The molecular weight excluding hydrogens is 250 g/mol. The number of nitrogens with zero attached hydrogens (tertiary/aromatic N) is 1. The number of anilines is 1. The molecule has 18 heavy (non-hydrogen) atoms. The van der Waals surface area contributed by atoms with E-state index in [1.807, 2.05) is 6.07 Å². The Morgan fingerprint density at radius 3 is 2.39 bits per heavy atom. The first kappa shape index (κ1) is 12.5. The van der Waals surface area contributed by atoms with Crippen LogP contribution >= 0.6 is 0 Å². The van der Waals surface area contributed by atoms with Gasteiger partial charge in [-0.25, -0.2) is 18.1 Å². The topological polar surface area (TPSA) is 85.1 Å². The highest BCUT2D eigenvalue weighted by Crippen LogP contribution is 2.24. The molecule has 2 aromatic rings.